The predicted octanol–water partition coefficient (Wildman–Crippen LogP) is 6.08. The minimum absolute atomic E-state index is 0.0994. The number of rotatable bonds is 15. The van der Waals surface area contributed by atoms with Crippen LogP contribution in [0.4, 0.5) is 4.79 Å². The summed E-state index contributed by atoms with van der Waals surface area (Å²) in [6.45, 7) is 15.4. The van der Waals surface area contributed by atoms with Gasteiger partial charge in [0, 0.05) is 24.8 Å². The third kappa shape index (κ3) is 15.3. The Kier molecular flexibility index (Phi) is 18.3. The molecule has 12 heteroatoms. The maximum atomic E-state index is 13.8. The highest BCUT2D eigenvalue weighted by atomic mass is 16.5. The first-order valence-corrected chi connectivity index (χ1v) is 18.4. The van der Waals surface area contributed by atoms with Crippen LogP contribution in [0.25, 0.3) is 11.3 Å². The molecule has 3 aromatic rings. The van der Waals surface area contributed by atoms with Gasteiger partial charge in [-0.2, -0.15) is 0 Å². The van der Waals surface area contributed by atoms with E-state index in [1.54, 1.807) is 11.2 Å². The molecule has 54 heavy (non-hydrogen) atoms. The quantitative estimate of drug-likeness (QED) is 0.107. The number of hydrogen-bond acceptors (Lipinski definition) is 9. The molecule has 3 amide bonds. The van der Waals surface area contributed by atoms with Gasteiger partial charge >= 0.3 is 12.1 Å². The Morgan fingerprint density at radius 1 is 0.778 bits per heavy atom. The standard InChI is InChI=1S/C39H53N5O7.C3H8/c1-38(2,3)29(23-33(46)50-7)35(47)41-31(22-26-14-10-9-11-15-26)32(45)25-44(43-36(48)34(39(4,5)6)42-37(49)51-8)24-27-17-19-28(20-18-27)30-16-12-13-21-40-30;1-3-2/h9-21,29,31-32,34,45H,22-25H2,1-8H3,(H,41,47)(H,42,49)(H,43,48);3H2,1-2H3/t29-,31?,32-,34-;/m0./s1. The van der Waals surface area contributed by atoms with E-state index in [1.165, 1.54) is 20.6 Å². The summed E-state index contributed by atoms with van der Waals surface area (Å²) in [6.07, 6.45) is 1.17. The molecule has 0 radical (unpaired) electrons. The summed E-state index contributed by atoms with van der Waals surface area (Å²) >= 11 is 0. The topological polar surface area (TPSA) is 159 Å². The number of hydrogen-bond donors (Lipinski definition) is 4. The minimum Gasteiger partial charge on any atom is -0.469 e. The van der Waals surface area contributed by atoms with Crippen LogP contribution in [0.3, 0.4) is 0 Å². The van der Waals surface area contributed by atoms with Gasteiger partial charge in [-0.25, -0.2) is 9.80 Å². The van der Waals surface area contributed by atoms with E-state index in [0.717, 1.165) is 22.4 Å². The van der Waals surface area contributed by atoms with Crippen LogP contribution in [0.15, 0.2) is 79.0 Å². The second-order valence-electron chi connectivity index (χ2n) is 15.5. The van der Waals surface area contributed by atoms with Gasteiger partial charge in [0.1, 0.15) is 6.04 Å². The number of methoxy groups -OCH3 is 2. The molecular weight excluding hydrogens is 686 g/mol. The van der Waals surface area contributed by atoms with Gasteiger partial charge in [0.25, 0.3) is 5.91 Å². The first kappa shape index (κ1) is 45.3. The molecule has 0 aliphatic heterocycles. The van der Waals surface area contributed by atoms with E-state index in [4.69, 9.17) is 9.47 Å². The van der Waals surface area contributed by atoms with E-state index in [0.29, 0.717) is 0 Å². The van der Waals surface area contributed by atoms with Gasteiger partial charge in [0.05, 0.1) is 44.4 Å². The van der Waals surface area contributed by atoms with Crippen LogP contribution >= 0.6 is 0 Å². The summed E-state index contributed by atoms with van der Waals surface area (Å²) < 4.78 is 9.65. The number of hydrazine groups is 1. The second kappa shape index (κ2) is 21.8. The third-order valence-corrected chi connectivity index (χ3v) is 8.59. The fourth-order valence-electron chi connectivity index (χ4n) is 5.59. The van der Waals surface area contributed by atoms with Crippen molar-refractivity contribution in [1.82, 2.24) is 26.1 Å². The van der Waals surface area contributed by atoms with Crippen molar-refractivity contribution in [3.05, 3.63) is 90.1 Å². The monoisotopic (exact) mass is 747 g/mol. The van der Waals surface area contributed by atoms with E-state index >= 15 is 0 Å². The molecule has 1 aromatic heterocycles. The fraction of sp³-hybridized carbons (Fsp3) is 0.500. The number of carbonyl (C=O) groups excluding carboxylic acids is 4. The van der Waals surface area contributed by atoms with Crippen molar-refractivity contribution in [3.8, 4) is 11.3 Å². The first-order chi connectivity index (χ1) is 25.4. The van der Waals surface area contributed by atoms with Gasteiger partial charge in [-0.05, 0) is 40.5 Å². The molecule has 0 bridgehead atoms. The number of aromatic nitrogens is 1. The molecule has 0 saturated heterocycles. The molecule has 1 heterocycles. The molecule has 12 nitrogen and oxygen atoms in total. The lowest BCUT2D eigenvalue weighted by Crippen LogP contribution is -2.59. The number of alkyl carbamates (subject to hydrolysis) is 1. The zero-order chi connectivity index (χ0) is 40.5. The lowest BCUT2D eigenvalue weighted by atomic mass is 9.78. The van der Waals surface area contributed by atoms with Crippen LogP contribution in [-0.2, 0) is 36.8 Å². The predicted molar refractivity (Wildman–Crippen MR) is 211 cm³/mol. The minimum atomic E-state index is -1.19. The summed E-state index contributed by atoms with van der Waals surface area (Å²) in [7, 11) is 2.50. The number of nitrogens with zero attached hydrogens (tertiary/aromatic N) is 2. The van der Waals surface area contributed by atoms with Crippen LogP contribution in [0.5, 0.6) is 0 Å². The van der Waals surface area contributed by atoms with Crippen molar-refractivity contribution >= 4 is 23.9 Å². The summed E-state index contributed by atoms with van der Waals surface area (Å²) in [5.41, 5.74) is 5.05. The van der Waals surface area contributed by atoms with Gasteiger partial charge in [0.2, 0.25) is 5.91 Å². The van der Waals surface area contributed by atoms with Gasteiger partial charge in [-0.15, -0.1) is 0 Å². The van der Waals surface area contributed by atoms with Crippen LogP contribution < -0.4 is 16.1 Å². The Hall–Kier alpha value is -4.81. The SMILES string of the molecule is CCC.COC(=O)C[C@@H](C(=O)NC(Cc1ccccc1)[C@@H](O)CN(Cc1ccc(-c2ccccn2)cc1)NC(=O)[C@H](NC(=O)OC)C(C)(C)C)C(C)(C)C. The number of pyridine rings is 1. The molecule has 4 N–H and O–H groups in total. The zero-order valence-corrected chi connectivity index (χ0v) is 33.6. The lowest BCUT2D eigenvalue weighted by Gasteiger charge is -2.35. The molecule has 0 aliphatic rings. The number of aliphatic hydroxyl groups is 1. The number of ether oxygens (including phenoxy) is 2. The lowest BCUT2D eigenvalue weighted by molar-refractivity contribution is -0.146. The van der Waals surface area contributed by atoms with E-state index in [9.17, 15) is 24.3 Å². The fourth-order valence-corrected chi connectivity index (χ4v) is 5.59. The van der Waals surface area contributed by atoms with Crippen molar-refractivity contribution in [3.63, 3.8) is 0 Å². The van der Waals surface area contributed by atoms with Crippen LogP contribution in [0, 0.1) is 16.7 Å². The average Bonchev–Trinajstić information content (AvgIpc) is 3.12. The van der Waals surface area contributed by atoms with E-state index < -0.39 is 58.8 Å². The number of esters is 1. The Labute approximate surface area is 321 Å². The third-order valence-electron chi connectivity index (χ3n) is 8.59. The van der Waals surface area contributed by atoms with Crippen molar-refractivity contribution in [1.29, 1.82) is 0 Å². The van der Waals surface area contributed by atoms with Crippen molar-refractivity contribution in [2.75, 3.05) is 20.8 Å². The Balaban J connectivity index is 0.00000325. The molecule has 4 atom stereocenters. The van der Waals surface area contributed by atoms with E-state index in [1.807, 2.05) is 114 Å². The highest BCUT2D eigenvalue weighted by molar-refractivity contribution is 5.86. The number of aliphatic hydroxyl groups excluding tert-OH is 1. The summed E-state index contributed by atoms with van der Waals surface area (Å²) in [5.74, 6) is -2.16. The average molecular weight is 748 g/mol. The molecule has 0 saturated carbocycles. The molecule has 296 valence electrons. The molecular formula is C42H61N5O7. The van der Waals surface area contributed by atoms with Crippen LogP contribution in [0.2, 0.25) is 0 Å². The number of carbonyl (C=O) groups is 4. The molecule has 2 aromatic carbocycles. The van der Waals surface area contributed by atoms with Crippen molar-refractivity contribution < 1.29 is 33.8 Å². The summed E-state index contributed by atoms with van der Waals surface area (Å²) in [5, 5.41) is 19.1. The maximum Gasteiger partial charge on any atom is 0.407 e. The number of benzene rings is 2. The van der Waals surface area contributed by atoms with Crippen LogP contribution in [-0.4, -0.2) is 77.9 Å². The maximum absolute atomic E-state index is 13.8. The van der Waals surface area contributed by atoms with Gasteiger partial charge < -0.3 is 25.2 Å². The number of nitrogens with one attached hydrogen (secondary N) is 3. The summed E-state index contributed by atoms with van der Waals surface area (Å²) in [6, 6.07) is 21.0. The molecule has 0 spiro atoms. The largest absolute Gasteiger partial charge is 0.469 e. The molecule has 0 aliphatic carbocycles. The normalized spacial score (nSPS) is 13.6. The smallest absolute Gasteiger partial charge is 0.407 e. The molecule has 0 fully saturated rings. The number of amides is 3. The van der Waals surface area contributed by atoms with Crippen molar-refractivity contribution in [2.24, 2.45) is 16.7 Å². The van der Waals surface area contributed by atoms with Crippen LogP contribution in [0.1, 0.15) is 79.4 Å². The highest BCUT2D eigenvalue weighted by Gasteiger charge is 2.37. The zero-order valence-electron chi connectivity index (χ0n) is 33.6. The van der Waals surface area contributed by atoms with Gasteiger partial charge in [-0.3, -0.25) is 24.8 Å². The van der Waals surface area contributed by atoms with Gasteiger partial charge in [-0.1, -0.05) is 122 Å². The van der Waals surface area contributed by atoms with E-state index in [2.05, 4.69) is 34.9 Å². The second-order valence-corrected chi connectivity index (χ2v) is 15.5. The molecule has 1 unspecified atom stereocenters. The Morgan fingerprint density at radius 3 is 1.91 bits per heavy atom. The first-order valence-electron chi connectivity index (χ1n) is 18.4. The Morgan fingerprint density at radius 2 is 1.39 bits per heavy atom. The van der Waals surface area contributed by atoms with Crippen molar-refractivity contribution in [2.45, 2.75) is 99.4 Å². The van der Waals surface area contributed by atoms with E-state index in [-0.39, 0.29) is 25.9 Å². The Bertz CT molecular complexity index is 1590. The molecule has 3 rings (SSSR count). The van der Waals surface area contributed by atoms with Gasteiger partial charge in [0.15, 0.2) is 0 Å². The highest BCUT2D eigenvalue weighted by Crippen LogP contribution is 2.30. The summed E-state index contributed by atoms with van der Waals surface area (Å²) in [4.78, 5) is 56.5.